The molecule has 2 rings (SSSR count). The topological polar surface area (TPSA) is 66.6 Å². The molecule has 1 aliphatic rings. The van der Waals surface area contributed by atoms with E-state index in [0.29, 0.717) is 23.7 Å². The summed E-state index contributed by atoms with van der Waals surface area (Å²) in [6, 6.07) is 4.82. The fourth-order valence-electron chi connectivity index (χ4n) is 2.18. The Hall–Kier alpha value is -2.06. The van der Waals surface area contributed by atoms with Crippen molar-refractivity contribution in [2.24, 2.45) is 5.92 Å². The number of hydrogen-bond donors (Lipinski definition) is 1. The monoisotopic (exact) mass is 274 g/mol. The molecule has 0 bridgehead atoms. The molecule has 5 nitrogen and oxygen atoms in total. The van der Waals surface area contributed by atoms with Crippen molar-refractivity contribution in [3.05, 3.63) is 33.9 Å². The average Bonchev–Trinajstić information content (AvgIpc) is 3.21. The smallest absolute Gasteiger partial charge is 0.292 e. The number of nitro groups is 1. The highest BCUT2D eigenvalue weighted by atomic mass is 16.6. The molecule has 0 heterocycles. The minimum Gasteiger partial charge on any atom is -0.389 e. The molecule has 0 aliphatic heterocycles. The lowest BCUT2D eigenvalue weighted by molar-refractivity contribution is -0.384. The van der Waals surface area contributed by atoms with Gasteiger partial charge >= 0.3 is 0 Å². The molecule has 1 atom stereocenters. The number of hydrogen-bond acceptors (Lipinski definition) is 4. The third kappa shape index (κ3) is 3.28. The summed E-state index contributed by atoms with van der Waals surface area (Å²) in [5.41, 5.74) is 1.07. The van der Waals surface area contributed by atoms with E-state index in [2.05, 4.69) is 5.92 Å². The van der Waals surface area contributed by atoms with E-state index in [1.807, 2.05) is 4.90 Å². The second-order valence-corrected chi connectivity index (χ2v) is 5.21. The van der Waals surface area contributed by atoms with E-state index in [9.17, 15) is 15.2 Å². The lowest BCUT2D eigenvalue weighted by Gasteiger charge is -2.22. The van der Waals surface area contributed by atoms with Crippen molar-refractivity contribution in [1.82, 2.24) is 0 Å². The van der Waals surface area contributed by atoms with Crippen LogP contribution in [0.15, 0.2) is 18.2 Å². The van der Waals surface area contributed by atoms with E-state index in [1.54, 1.807) is 19.1 Å². The molecule has 0 aromatic heterocycles. The summed E-state index contributed by atoms with van der Waals surface area (Å²) < 4.78 is 0. The van der Waals surface area contributed by atoms with Gasteiger partial charge in [0, 0.05) is 12.6 Å². The van der Waals surface area contributed by atoms with Crippen LogP contribution in [0.25, 0.3) is 0 Å². The van der Waals surface area contributed by atoms with E-state index in [1.165, 1.54) is 6.07 Å². The van der Waals surface area contributed by atoms with Gasteiger partial charge in [0.1, 0.15) is 5.69 Å². The Labute approximate surface area is 118 Å². The summed E-state index contributed by atoms with van der Waals surface area (Å²) in [4.78, 5) is 12.7. The molecule has 1 N–H and O–H groups in total. The molecule has 0 amide bonds. The first-order valence-electron chi connectivity index (χ1n) is 6.67. The van der Waals surface area contributed by atoms with Gasteiger partial charge < -0.3 is 10.0 Å². The van der Waals surface area contributed by atoms with Crippen LogP contribution < -0.4 is 4.90 Å². The molecule has 0 saturated heterocycles. The minimum atomic E-state index is -0.729. The van der Waals surface area contributed by atoms with Gasteiger partial charge in [-0.05, 0) is 37.3 Å². The van der Waals surface area contributed by atoms with Gasteiger partial charge in [0.15, 0.2) is 0 Å². The number of rotatable bonds is 6. The van der Waals surface area contributed by atoms with Crippen molar-refractivity contribution in [3.8, 4) is 12.3 Å². The van der Waals surface area contributed by atoms with E-state index in [-0.39, 0.29) is 5.69 Å². The van der Waals surface area contributed by atoms with Gasteiger partial charge in [-0.2, -0.15) is 0 Å². The average molecular weight is 274 g/mol. The van der Waals surface area contributed by atoms with E-state index < -0.39 is 11.0 Å². The number of aliphatic hydroxyl groups is 1. The molecule has 1 aliphatic carbocycles. The van der Waals surface area contributed by atoms with Crippen molar-refractivity contribution in [2.45, 2.75) is 25.9 Å². The van der Waals surface area contributed by atoms with Gasteiger partial charge in [-0.15, -0.1) is 6.42 Å². The Morgan fingerprint density at radius 2 is 2.30 bits per heavy atom. The first-order valence-corrected chi connectivity index (χ1v) is 6.67. The molecule has 5 heteroatoms. The zero-order valence-corrected chi connectivity index (χ0v) is 11.5. The molecule has 0 unspecified atom stereocenters. The first-order chi connectivity index (χ1) is 9.52. The van der Waals surface area contributed by atoms with Gasteiger partial charge in [0.05, 0.1) is 17.6 Å². The molecule has 20 heavy (non-hydrogen) atoms. The van der Waals surface area contributed by atoms with Crippen molar-refractivity contribution in [2.75, 3.05) is 18.0 Å². The van der Waals surface area contributed by atoms with E-state index in [0.717, 1.165) is 19.4 Å². The lowest BCUT2D eigenvalue weighted by Crippen LogP contribution is -2.26. The summed E-state index contributed by atoms with van der Waals surface area (Å²) in [7, 11) is 0. The van der Waals surface area contributed by atoms with Crippen molar-refractivity contribution in [3.63, 3.8) is 0 Å². The van der Waals surface area contributed by atoms with Crippen LogP contribution in [-0.2, 0) is 0 Å². The standard InChI is InChI=1S/C15H18N2O3/c1-3-8-16(10-12-4-5-12)14-7-6-13(11(2)18)9-15(14)17(19)20/h1,6-7,9,11-12,18H,4-5,8,10H2,2H3/t11-/m0/s1. The normalized spacial score (nSPS) is 15.4. The van der Waals surface area contributed by atoms with Crippen LogP contribution in [0.5, 0.6) is 0 Å². The number of benzene rings is 1. The lowest BCUT2D eigenvalue weighted by atomic mass is 10.1. The van der Waals surface area contributed by atoms with E-state index >= 15 is 0 Å². The van der Waals surface area contributed by atoms with E-state index in [4.69, 9.17) is 6.42 Å². The van der Waals surface area contributed by atoms with Crippen LogP contribution in [0.3, 0.4) is 0 Å². The Morgan fingerprint density at radius 1 is 1.60 bits per heavy atom. The van der Waals surface area contributed by atoms with Gasteiger partial charge in [-0.1, -0.05) is 12.0 Å². The van der Waals surface area contributed by atoms with Crippen LogP contribution in [0.2, 0.25) is 0 Å². The van der Waals surface area contributed by atoms with Gasteiger partial charge in [0.2, 0.25) is 0 Å². The molecule has 1 saturated carbocycles. The fourth-order valence-corrected chi connectivity index (χ4v) is 2.18. The molecular formula is C15H18N2O3. The maximum atomic E-state index is 11.3. The summed E-state index contributed by atoms with van der Waals surface area (Å²) >= 11 is 0. The molecule has 0 spiro atoms. The molecule has 1 aromatic carbocycles. The Morgan fingerprint density at radius 3 is 2.80 bits per heavy atom. The van der Waals surface area contributed by atoms with Gasteiger partial charge in [0.25, 0.3) is 5.69 Å². The summed E-state index contributed by atoms with van der Waals surface area (Å²) in [6.07, 6.45) is 6.94. The molecule has 1 aromatic rings. The number of nitrogens with zero attached hydrogens (tertiary/aromatic N) is 2. The Bertz CT molecular complexity index is 545. The predicted octanol–water partition coefficient (Wildman–Crippen LogP) is 2.50. The van der Waals surface area contributed by atoms with Crippen molar-refractivity contribution < 1.29 is 10.0 Å². The third-order valence-corrected chi connectivity index (χ3v) is 3.48. The number of terminal acetylenes is 1. The second-order valence-electron chi connectivity index (χ2n) is 5.21. The zero-order chi connectivity index (χ0) is 14.7. The van der Waals surface area contributed by atoms with Crippen LogP contribution >= 0.6 is 0 Å². The SMILES string of the molecule is C#CCN(CC1CC1)c1ccc([C@H](C)O)cc1[N+](=O)[O-]. The van der Waals surface area contributed by atoms with Crippen LogP contribution in [-0.4, -0.2) is 23.1 Å². The highest BCUT2D eigenvalue weighted by Crippen LogP contribution is 2.35. The largest absolute Gasteiger partial charge is 0.389 e. The van der Waals surface area contributed by atoms with Crippen molar-refractivity contribution in [1.29, 1.82) is 0 Å². The zero-order valence-electron chi connectivity index (χ0n) is 11.5. The Balaban J connectivity index is 2.36. The molecule has 106 valence electrons. The highest BCUT2D eigenvalue weighted by Gasteiger charge is 2.27. The summed E-state index contributed by atoms with van der Waals surface area (Å²) in [6.45, 7) is 2.69. The van der Waals surface area contributed by atoms with Crippen LogP contribution in [0, 0.1) is 28.4 Å². The molecule has 0 radical (unpaired) electrons. The van der Waals surface area contributed by atoms with Crippen LogP contribution in [0.1, 0.15) is 31.4 Å². The van der Waals surface area contributed by atoms with Gasteiger partial charge in [-0.3, -0.25) is 10.1 Å². The number of nitro benzene ring substituents is 1. The maximum absolute atomic E-state index is 11.3. The summed E-state index contributed by atoms with van der Waals surface area (Å²) in [5.74, 6) is 3.14. The quantitative estimate of drug-likeness (QED) is 0.491. The molecular weight excluding hydrogens is 256 g/mol. The van der Waals surface area contributed by atoms with Crippen molar-refractivity contribution >= 4 is 11.4 Å². The highest BCUT2D eigenvalue weighted by molar-refractivity contribution is 5.65. The van der Waals surface area contributed by atoms with Crippen LogP contribution in [0.4, 0.5) is 11.4 Å². The predicted molar refractivity (Wildman–Crippen MR) is 77.5 cm³/mol. The fraction of sp³-hybridized carbons (Fsp3) is 0.467. The first kappa shape index (κ1) is 14.4. The number of aliphatic hydroxyl groups excluding tert-OH is 1. The Kier molecular flexibility index (Phi) is 4.26. The second kappa shape index (κ2) is 5.93. The third-order valence-electron chi connectivity index (χ3n) is 3.48. The summed E-state index contributed by atoms with van der Waals surface area (Å²) in [5, 5.41) is 20.8. The minimum absolute atomic E-state index is 0.000648. The maximum Gasteiger partial charge on any atom is 0.292 e. The number of anilines is 1. The van der Waals surface area contributed by atoms with Gasteiger partial charge in [-0.25, -0.2) is 0 Å². The molecule has 1 fully saturated rings.